The highest BCUT2D eigenvalue weighted by Gasteiger charge is 2.52. The molecule has 0 radical (unpaired) electrons. The van der Waals surface area contributed by atoms with E-state index in [1.807, 2.05) is 35.2 Å². The number of β-lactam (4-membered cyclic amide) rings is 1. The molecule has 3 rings (SSSR count). The first-order valence-corrected chi connectivity index (χ1v) is 8.20. The molecule has 2 aliphatic rings. The number of carbonyl (C=O) groups excluding carboxylic acids is 2. The maximum absolute atomic E-state index is 12.4. The van der Waals surface area contributed by atoms with Crippen LogP contribution in [0.15, 0.2) is 41.9 Å². The van der Waals surface area contributed by atoms with E-state index in [1.54, 1.807) is 11.8 Å². The fraction of sp³-hybridized carbons (Fsp3) is 0.400. The predicted molar refractivity (Wildman–Crippen MR) is 82.7 cm³/mol. The molecule has 1 amide bonds. The van der Waals surface area contributed by atoms with Crippen molar-refractivity contribution in [3.05, 3.63) is 41.9 Å². The Hall–Kier alpha value is -1.90. The maximum Gasteiger partial charge on any atom is 0.357 e. The molecule has 0 aliphatic carbocycles. The lowest BCUT2D eigenvalue weighted by atomic mass is 10.0. The second-order valence-electron chi connectivity index (χ2n) is 5.27. The number of hydrogen-bond acceptors (Lipinski definition) is 6. The molecule has 122 valence electrons. The first-order valence-electron chi connectivity index (χ1n) is 7.16. The van der Waals surface area contributed by atoms with E-state index in [9.17, 15) is 9.59 Å². The van der Waals surface area contributed by atoms with Gasteiger partial charge >= 0.3 is 5.97 Å². The summed E-state index contributed by atoms with van der Waals surface area (Å²) in [6.07, 6.45) is 3.82. The van der Waals surface area contributed by atoms with Gasteiger partial charge in [-0.05, 0) is 0 Å². The standard InChI is InChI=1S/C15H18N3O4S/c1-21-9-22-15(20)12-10(7-17-5-3-2-4-6-17)8-23-14-11(16)13(19)18(12)14/h2-6,11,14H,7-9,16H2,1H3/q+1/t11?,14-/m0/s1. The quantitative estimate of drug-likeness (QED) is 0.341. The van der Waals surface area contributed by atoms with E-state index >= 15 is 0 Å². The predicted octanol–water partition coefficient (Wildman–Crippen LogP) is -0.382. The Bertz CT molecular complexity index is 649. The van der Waals surface area contributed by atoms with E-state index in [0.29, 0.717) is 18.0 Å². The second kappa shape index (κ2) is 6.69. The number of esters is 1. The van der Waals surface area contributed by atoms with Crippen LogP contribution in [0.5, 0.6) is 0 Å². The zero-order chi connectivity index (χ0) is 16.4. The van der Waals surface area contributed by atoms with Gasteiger partial charge in [-0.2, -0.15) is 0 Å². The molecular weight excluding hydrogens is 318 g/mol. The average molecular weight is 336 g/mol. The lowest BCUT2D eigenvalue weighted by Crippen LogP contribution is -2.68. The minimum atomic E-state index is -0.559. The number of methoxy groups -OCH3 is 1. The van der Waals surface area contributed by atoms with Gasteiger partial charge in [0.1, 0.15) is 17.1 Å². The van der Waals surface area contributed by atoms with Gasteiger partial charge in [0, 0.05) is 30.6 Å². The summed E-state index contributed by atoms with van der Waals surface area (Å²) in [7, 11) is 1.44. The van der Waals surface area contributed by atoms with Crippen LogP contribution in [-0.4, -0.2) is 47.8 Å². The van der Waals surface area contributed by atoms with Gasteiger partial charge in [-0.1, -0.05) is 6.07 Å². The topological polar surface area (TPSA) is 85.7 Å². The molecule has 2 N–H and O–H groups in total. The Labute approximate surface area is 138 Å². The van der Waals surface area contributed by atoms with Crippen molar-refractivity contribution in [2.24, 2.45) is 5.73 Å². The molecule has 0 saturated carbocycles. The Balaban J connectivity index is 1.91. The molecule has 1 unspecified atom stereocenters. The van der Waals surface area contributed by atoms with E-state index in [1.165, 1.54) is 12.0 Å². The van der Waals surface area contributed by atoms with Crippen LogP contribution in [0.1, 0.15) is 0 Å². The molecule has 3 heterocycles. The van der Waals surface area contributed by atoms with Crippen LogP contribution in [-0.2, 0) is 25.6 Å². The van der Waals surface area contributed by atoms with Crippen LogP contribution in [0.3, 0.4) is 0 Å². The van der Waals surface area contributed by atoms with E-state index in [0.717, 1.165) is 5.57 Å². The van der Waals surface area contributed by atoms with Gasteiger partial charge in [-0.3, -0.25) is 9.69 Å². The summed E-state index contributed by atoms with van der Waals surface area (Å²) in [6.45, 7) is 0.358. The van der Waals surface area contributed by atoms with Crippen molar-refractivity contribution in [2.45, 2.75) is 18.0 Å². The number of carbonyl (C=O) groups is 2. The van der Waals surface area contributed by atoms with Crippen molar-refractivity contribution in [3.63, 3.8) is 0 Å². The third-order valence-electron chi connectivity index (χ3n) is 3.74. The largest absolute Gasteiger partial charge is 0.434 e. The summed E-state index contributed by atoms with van der Waals surface area (Å²) in [4.78, 5) is 25.9. The van der Waals surface area contributed by atoms with Gasteiger partial charge in [0.25, 0.3) is 0 Å². The van der Waals surface area contributed by atoms with Gasteiger partial charge in [0.15, 0.2) is 25.7 Å². The zero-order valence-electron chi connectivity index (χ0n) is 12.7. The number of pyridine rings is 1. The van der Waals surface area contributed by atoms with Crippen molar-refractivity contribution in [1.82, 2.24) is 4.90 Å². The summed E-state index contributed by atoms with van der Waals surface area (Å²) < 4.78 is 11.8. The van der Waals surface area contributed by atoms with Crippen molar-refractivity contribution >= 4 is 23.6 Å². The van der Waals surface area contributed by atoms with Gasteiger partial charge in [-0.15, -0.1) is 11.8 Å². The number of aromatic nitrogens is 1. The van der Waals surface area contributed by atoms with Gasteiger partial charge in [0.2, 0.25) is 5.91 Å². The number of rotatable bonds is 5. The summed E-state index contributed by atoms with van der Waals surface area (Å²) in [5.41, 5.74) is 6.96. The first kappa shape index (κ1) is 16.0. The van der Waals surface area contributed by atoms with Crippen LogP contribution in [0.2, 0.25) is 0 Å². The highest BCUT2D eigenvalue weighted by Crippen LogP contribution is 2.39. The number of fused-ring (bicyclic) bond motifs is 1. The minimum Gasteiger partial charge on any atom is -0.434 e. The molecule has 0 spiro atoms. The minimum absolute atomic E-state index is 0.153. The number of nitrogens with zero attached hydrogens (tertiary/aromatic N) is 2. The number of amides is 1. The van der Waals surface area contributed by atoms with Crippen LogP contribution < -0.4 is 10.3 Å². The molecule has 1 aromatic heterocycles. The zero-order valence-corrected chi connectivity index (χ0v) is 13.5. The summed E-state index contributed by atoms with van der Waals surface area (Å²) in [5, 5.41) is -0.197. The van der Waals surface area contributed by atoms with Gasteiger partial charge in [-0.25, -0.2) is 9.36 Å². The first-order chi connectivity index (χ1) is 11.1. The summed E-state index contributed by atoms with van der Waals surface area (Å²) in [6, 6.07) is 5.18. The Morgan fingerprint density at radius 2 is 2.17 bits per heavy atom. The fourth-order valence-corrected chi connectivity index (χ4v) is 3.91. The summed E-state index contributed by atoms with van der Waals surface area (Å²) in [5.74, 6) is -0.173. The monoisotopic (exact) mass is 336 g/mol. The number of nitrogens with two attached hydrogens (primary N) is 1. The molecule has 1 saturated heterocycles. The SMILES string of the molecule is COCOC(=O)C1=C(C[n+]2ccccc2)CS[C@H]2C(N)C(=O)N12. The van der Waals surface area contributed by atoms with Gasteiger partial charge < -0.3 is 15.2 Å². The van der Waals surface area contributed by atoms with Crippen LogP contribution in [0.4, 0.5) is 0 Å². The van der Waals surface area contributed by atoms with E-state index < -0.39 is 12.0 Å². The molecular formula is C15H18N3O4S+. The molecule has 7 nitrogen and oxygen atoms in total. The maximum atomic E-state index is 12.4. The molecule has 1 fully saturated rings. The average Bonchev–Trinajstić information content (AvgIpc) is 2.59. The van der Waals surface area contributed by atoms with Crippen LogP contribution >= 0.6 is 11.8 Å². The highest BCUT2D eigenvalue weighted by atomic mass is 32.2. The highest BCUT2D eigenvalue weighted by molar-refractivity contribution is 8.00. The van der Waals surface area contributed by atoms with E-state index in [2.05, 4.69) is 0 Å². The third-order valence-corrected chi connectivity index (χ3v) is 5.10. The Morgan fingerprint density at radius 1 is 1.43 bits per heavy atom. The molecule has 0 aromatic carbocycles. The Morgan fingerprint density at radius 3 is 2.87 bits per heavy atom. The third kappa shape index (κ3) is 2.97. The molecule has 1 aromatic rings. The molecule has 2 aliphatic heterocycles. The fourth-order valence-electron chi connectivity index (χ4n) is 2.63. The van der Waals surface area contributed by atoms with E-state index in [4.69, 9.17) is 15.2 Å². The lowest BCUT2D eigenvalue weighted by Gasteiger charge is -2.47. The number of ether oxygens (including phenoxy) is 2. The number of hydrogen-bond donors (Lipinski definition) is 1. The van der Waals surface area contributed by atoms with Crippen molar-refractivity contribution in [2.75, 3.05) is 19.7 Å². The van der Waals surface area contributed by atoms with Crippen molar-refractivity contribution in [3.8, 4) is 0 Å². The van der Waals surface area contributed by atoms with Crippen molar-refractivity contribution < 1.29 is 23.6 Å². The Kier molecular flexibility index (Phi) is 4.65. The van der Waals surface area contributed by atoms with E-state index in [-0.39, 0.29) is 18.1 Å². The van der Waals surface area contributed by atoms with Crippen LogP contribution in [0.25, 0.3) is 0 Å². The molecule has 0 bridgehead atoms. The molecule has 23 heavy (non-hydrogen) atoms. The van der Waals surface area contributed by atoms with Crippen LogP contribution in [0, 0.1) is 0 Å². The van der Waals surface area contributed by atoms with Gasteiger partial charge in [0.05, 0.1) is 0 Å². The molecule has 2 atom stereocenters. The smallest absolute Gasteiger partial charge is 0.357 e. The second-order valence-corrected chi connectivity index (χ2v) is 6.38. The normalized spacial score (nSPS) is 23.4. The number of thioether (sulfide) groups is 1. The molecule has 8 heteroatoms. The van der Waals surface area contributed by atoms with Crippen molar-refractivity contribution in [1.29, 1.82) is 0 Å². The lowest BCUT2D eigenvalue weighted by molar-refractivity contribution is -0.689. The summed E-state index contributed by atoms with van der Waals surface area (Å²) >= 11 is 1.57.